The van der Waals surface area contributed by atoms with Crippen LogP contribution in [0.4, 0.5) is 10.5 Å². The molecule has 1 heterocycles. The Balaban J connectivity index is 2.01. The number of rotatable bonds is 6. The van der Waals surface area contributed by atoms with Crippen LogP contribution in [0.1, 0.15) is 32.6 Å². The van der Waals surface area contributed by atoms with Crippen molar-refractivity contribution in [3.63, 3.8) is 0 Å². The largest absolute Gasteiger partial charge is 0.481 e. The molecule has 2 rings (SSSR count). The Labute approximate surface area is 160 Å². The normalized spacial score (nSPS) is 17.0. The highest BCUT2D eigenvalue weighted by atomic mass is 32.2. The molecule has 2 amide bonds. The predicted molar refractivity (Wildman–Crippen MR) is 102 cm³/mol. The predicted octanol–water partition coefficient (Wildman–Crippen LogP) is 2.44. The first-order valence-corrected chi connectivity index (χ1v) is 10.5. The molecule has 8 nitrogen and oxygen atoms in total. The summed E-state index contributed by atoms with van der Waals surface area (Å²) in [6.45, 7) is 2.66. The minimum Gasteiger partial charge on any atom is -0.481 e. The van der Waals surface area contributed by atoms with Crippen molar-refractivity contribution in [2.45, 2.75) is 37.5 Å². The van der Waals surface area contributed by atoms with E-state index in [0.29, 0.717) is 18.8 Å². The summed E-state index contributed by atoms with van der Waals surface area (Å²) in [6, 6.07) is 5.59. The van der Waals surface area contributed by atoms with E-state index in [1.165, 1.54) is 47.4 Å². The molecule has 150 valence electrons. The second-order valence-corrected chi connectivity index (χ2v) is 8.83. The molecule has 9 heteroatoms. The fourth-order valence-corrected chi connectivity index (χ4v) is 4.45. The van der Waals surface area contributed by atoms with E-state index in [9.17, 15) is 18.0 Å². The van der Waals surface area contributed by atoms with Crippen molar-refractivity contribution in [1.29, 1.82) is 0 Å². The Bertz CT molecular complexity index is 756. The molecule has 1 aliphatic rings. The smallest absolute Gasteiger partial charge is 0.321 e. The number of anilines is 1. The molecule has 0 aliphatic carbocycles. The van der Waals surface area contributed by atoms with Gasteiger partial charge in [-0.1, -0.05) is 19.8 Å². The Hall–Kier alpha value is -2.13. The van der Waals surface area contributed by atoms with E-state index in [1.807, 2.05) is 0 Å². The Morgan fingerprint density at radius 2 is 1.70 bits per heavy atom. The zero-order chi connectivity index (χ0) is 20.0. The molecule has 1 atom stereocenters. The summed E-state index contributed by atoms with van der Waals surface area (Å²) in [7, 11) is -2.02. The molecule has 0 spiro atoms. The number of carboxylic acids is 1. The van der Waals surface area contributed by atoms with E-state index < -0.39 is 27.9 Å². The molecule has 1 aliphatic heterocycles. The van der Waals surface area contributed by atoms with Gasteiger partial charge in [0.25, 0.3) is 0 Å². The molecule has 1 aromatic rings. The van der Waals surface area contributed by atoms with E-state index in [-0.39, 0.29) is 11.4 Å². The zero-order valence-corrected chi connectivity index (χ0v) is 16.5. The molecule has 1 unspecified atom stereocenters. The molecule has 2 N–H and O–H groups in total. The number of aliphatic carboxylic acids is 1. The maximum absolute atomic E-state index is 12.7. The molecule has 1 fully saturated rings. The lowest BCUT2D eigenvalue weighted by Gasteiger charge is -2.21. The topological polar surface area (TPSA) is 107 Å². The number of nitrogens with one attached hydrogen (secondary N) is 1. The van der Waals surface area contributed by atoms with E-state index in [2.05, 4.69) is 5.32 Å². The van der Waals surface area contributed by atoms with Gasteiger partial charge in [0.2, 0.25) is 10.0 Å². The molecule has 27 heavy (non-hydrogen) atoms. The van der Waals surface area contributed by atoms with Crippen molar-refractivity contribution in [2.24, 2.45) is 5.92 Å². The quantitative estimate of drug-likeness (QED) is 0.767. The molecule has 1 saturated heterocycles. The first kappa shape index (κ1) is 21.2. The lowest BCUT2D eigenvalue weighted by Crippen LogP contribution is -2.36. The average Bonchev–Trinajstić information content (AvgIpc) is 2.92. The van der Waals surface area contributed by atoms with Crippen LogP contribution in [0.25, 0.3) is 0 Å². The van der Waals surface area contributed by atoms with Crippen molar-refractivity contribution in [3.05, 3.63) is 24.3 Å². The van der Waals surface area contributed by atoms with Gasteiger partial charge in [-0.2, -0.15) is 4.31 Å². The molecule has 0 saturated carbocycles. The standard InChI is InChI=1S/C18H27N3O5S/c1-14(17(22)23)13-20(2)18(24)19-15-7-9-16(10-8-15)27(25,26)21-11-5-3-4-6-12-21/h7-10,14H,3-6,11-13H2,1-2H3,(H,19,24)(H,22,23). The first-order chi connectivity index (χ1) is 12.7. The molecular weight excluding hydrogens is 370 g/mol. The Kier molecular flexibility index (Phi) is 7.20. The van der Waals surface area contributed by atoms with Gasteiger partial charge in [0, 0.05) is 32.4 Å². The van der Waals surface area contributed by atoms with Gasteiger partial charge in [0.05, 0.1) is 10.8 Å². The van der Waals surface area contributed by atoms with Crippen molar-refractivity contribution in [2.75, 3.05) is 32.0 Å². The summed E-state index contributed by atoms with van der Waals surface area (Å²) < 4.78 is 27.0. The van der Waals surface area contributed by atoms with Crippen LogP contribution in [0.3, 0.4) is 0 Å². The summed E-state index contributed by atoms with van der Waals surface area (Å²) in [5.74, 6) is -1.65. The molecule has 0 bridgehead atoms. The minimum absolute atomic E-state index is 0.0720. The minimum atomic E-state index is -3.53. The molecule has 0 radical (unpaired) electrons. The first-order valence-electron chi connectivity index (χ1n) is 9.07. The fourth-order valence-electron chi connectivity index (χ4n) is 2.93. The van der Waals surface area contributed by atoms with E-state index in [4.69, 9.17) is 5.11 Å². The number of carbonyl (C=O) groups is 2. The third-order valence-corrected chi connectivity index (χ3v) is 6.54. The van der Waals surface area contributed by atoms with Crippen LogP contribution in [0.15, 0.2) is 29.2 Å². The van der Waals surface area contributed by atoms with Crippen LogP contribution in [0.5, 0.6) is 0 Å². The van der Waals surface area contributed by atoms with Gasteiger partial charge in [0.15, 0.2) is 0 Å². The lowest BCUT2D eigenvalue weighted by molar-refractivity contribution is -0.141. The van der Waals surface area contributed by atoms with Crippen molar-refractivity contribution in [3.8, 4) is 0 Å². The summed E-state index contributed by atoms with van der Waals surface area (Å²) in [6.07, 6.45) is 3.83. The molecule has 1 aromatic carbocycles. The van der Waals surface area contributed by atoms with Gasteiger partial charge in [-0.3, -0.25) is 4.79 Å². The number of sulfonamides is 1. The highest BCUT2D eigenvalue weighted by Gasteiger charge is 2.25. The molecule has 0 aromatic heterocycles. The SMILES string of the molecule is CC(CN(C)C(=O)Nc1ccc(S(=O)(=O)N2CCCCCC2)cc1)C(=O)O. The van der Waals surface area contributed by atoms with Gasteiger partial charge >= 0.3 is 12.0 Å². The number of nitrogens with zero attached hydrogens (tertiary/aromatic N) is 2. The summed E-state index contributed by atoms with van der Waals surface area (Å²) in [5, 5.41) is 11.6. The second-order valence-electron chi connectivity index (χ2n) is 6.89. The van der Waals surface area contributed by atoms with Gasteiger partial charge in [-0.25, -0.2) is 13.2 Å². The number of amides is 2. The van der Waals surface area contributed by atoms with Crippen molar-refractivity contribution in [1.82, 2.24) is 9.21 Å². The van der Waals surface area contributed by atoms with Crippen LogP contribution >= 0.6 is 0 Å². The number of carboxylic acid groups (broad SMARTS) is 1. The summed E-state index contributed by atoms with van der Waals surface area (Å²) in [5.41, 5.74) is 0.449. The zero-order valence-electron chi connectivity index (χ0n) is 15.7. The van der Waals surface area contributed by atoms with Crippen LogP contribution in [-0.4, -0.2) is 61.4 Å². The van der Waals surface area contributed by atoms with E-state index in [0.717, 1.165) is 25.7 Å². The number of hydrogen-bond acceptors (Lipinski definition) is 4. The van der Waals surface area contributed by atoms with Crippen LogP contribution in [0.2, 0.25) is 0 Å². The van der Waals surface area contributed by atoms with Crippen LogP contribution in [0, 0.1) is 5.92 Å². The number of benzene rings is 1. The molecular formula is C18H27N3O5S. The van der Waals surface area contributed by atoms with Gasteiger partial charge in [0.1, 0.15) is 0 Å². The average molecular weight is 397 g/mol. The highest BCUT2D eigenvalue weighted by molar-refractivity contribution is 7.89. The van der Waals surface area contributed by atoms with E-state index in [1.54, 1.807) is 0 Å². The highest BCUT2D eigenvalue weighted by Crippen LogP contribution is 2.22. The van der Waals surface area contributed by atoms with Gasteiger partial charge in [-0.05, 0) is 37.1 Å². The maximum atomic E-state index is 12.7. The van der Waals surface area contributed by atoms with Gasteiger partial charge in [-0.15, -0.1) is 0 Å². The number of hydrogen-bond donors (Lipinski definition) is 2. The van der Waals surface area contributed by atoms with Crippen LogP contribution < -0.4 is 5.32 Å². The van der Waals surface area contributed by atoms with E-state index >= 15 is 0 Å². The monoisotopic (exact) mass is 397 g/mol. The Morgan fingerprint density at radius 3 is 2.22 bits per heavy atom. The fraction of sp³-hybridized carbons (Fsp3) is 0.556. The third kappa shape index (κ3) is 5.67. The van der Waals surface area contributed by atoms with Crippen molar-refractivity contribution < 1.29 is 23.1 Å². The van der Waals surface area contributed by atoms with Crippen LogP contribution in [-0.2, 0) is 14.8 Å². The summed E-state index contributed by atoms with van der Waals surface area (Å²) >= 11 is 0. The van der Waals surface area contributed by atoms with Crippen molar-refractivity contribution >= 4 is 27.7 Å². The Morgan fingerprint density at radius 1 is 1.15 bits per heavy atom. The summed E-state index contributed by atoms with van der Waals surface area (Å²) in [4.78, 5) is 24.5. The maximum Gasteiger partial charge on any atom is 0.321 e. The second kappa shape index (κ2) is 9.18. The number of carbonyl (C=O) groups excluding carboxylic acids is 1. The van der Waals surface area contributed by atoms with Gasteiger partial charge < -0.3 is 15.3 Å². The lowest BCUT2D eigenvalue weighted by atomic mass is 10.2. The third-order valence-electron chi connectivity index (χ3n) is 4.62. The number of urea groups is 1.